The number of nitrogens with zero attached hydrogens (tertiary/aromatic N) is 8. The number of amides is 4. The van der Waals surface area contributed by atoms with Gasteiger partial charge in [0, 0.05) is 65.8 Å². The maximum absolute atomic E-state index is 15.1. The van der Waals surface area contributed by atoms with Crippen molar-refractivity contribution in [1.29, 1.82) is 0 Å². The maximum Gasteiger partial charge on any atom is 0.329 e. The fourth-order valence-corrected chi connectivity index (χ4v) is 9.81. The van der Waals surface area contributed by atoms with Crippen LogP contribution in [0, 0.1) is 23.7 Å². The monoisotopic (exact) mass is 1120 g/mol. The quantitative estimate of drug-likeness (QED) is 0.0809. The topological polar surface area (TPSA) is 222 Å². The fraction of sp³-hybridized carbons (Fsp3) is 0.574. The highest BCUT2D eigenvalue weighted by Gasteiger charge is 2.43. The summed E-state index contributed by atoms with van der Waals surface area (Å²) in [5, 5.41) is 8.59. The summed E-state index contributed by atoms with van der Waals surface area (Å²) in [6.45, 7) is 18.7. The number of rotatable bonds is 17. The average Bonchev–Trinajstić information content (AvgIpc) is 4.16. The number of cyclic esters (lactones) is 4. The molecule has 3 heterocycles. The van der Waals surface area contributed by atoms with E-state index in [1.807, 2.05) is 104 Å². The summed E-state index contributed by atoms with van der Waals surface area (Å²) in [6.07, 6.45) is 1.51. The number of hydrogen-bond donors (Lipinski definition) is 0. The van der Waals surface area contributed by atoms with Crippen LogP contribution in [0.25, 0.3) is 0 Å². The number of benzene rings is 2. The third-order valence-corrected chi connectivity index (χ3v) is 14.5. The SMILES string of the molecule is CC(C)CC[C@H]1C(=O)O[C@H](Cc2ccc(Cn3cccn3)cc2)C(=O)N(C)[C@@H](CC(C)C)C(=O)O[C@H](C)C(=O)N(C)[C@@H](CC(C)C)C(=O)O[C@H](Cc2cccc(Cn3cccn3)c2)C(=O)N(C)[C@@H](CC(C)C)C(=O)O[C@H](C)C(=O)N1C. The van der Waals surface area contributed by atoms with Crippen molar-refractivity contribution in [2.75, 3.05) is 28.2 Å². The Kier molecular flexibility index (Phi) is 23.8. The highest BCUT2D eigenvalue weighted by atomic mass is 16.6. The van der Waals surface area contributed by atoms with E-state index in [1.54, 1.807) is 46.0 Å². The first kappa shape index (κ1) is 64.4. The van der Waals surface area contributed by atoms with Gasteiger partial charge in [-0.2, -0.15) is 10.2 Å². The van der Waals surface area contributed by atoms with Crippen molar-refractivity contribution >= 4 is 47.5 Å². The molecule has 1 aliphatic rings. The van der Waals surface area contributed by atoms with Crippen LogP contribution in [0.5, 0.6) is 0 Å². The zero-order chi connectivity index (χ0) is 59.8. The van der Waals surface area contributed by atoms with E-state index in [0.29, 0.717) is 30.6 Å². The lowest BCUT2D eigenvalue weighted by molar-refractivity contribution is -0.176. The second-order valence-electron chi connectivity index (χ2n) is 23.2. The van der Waals surface area contributed by atoms with Gasteiger partial charge >= 0.3 is 23.9 Å². The second kappa shape index (κ2) is 29.9. The molecular weight excluding hydrogens is 1040 g/mol. The summed E-state index contributed by atoms with van der Waals surface area (Å²) in [5.41, 5.74) is 3.00. The van der Waals surface area contributed by atoms with Gasteiger partial charge in [-0.3, -0.25) is 28.5 Å². The molecule has 442 valence electrons. The molecule has 0 bridgehead atoms. The van der Waals surface area contributed by atoms with Gasteiger partial charge in [0.2, 0.25) is 0 Å². The lowest BCUT2D eigenvalue weighted by atomic mass is 9.99. The van der Waals surface area contributed by atoms with Crippen molar-refractivity contribution in [3.8, 4) is 0 Å². The number of aromatic nitrogens is 4. The smallest absolute Gasteiger partial charge is 0.329 e. The van der Waals surface area contributed by atoms with Crippen molar-refractivity contribution < 1.29 is 57.3 Å². The average molecular weight is 1120 g/mol. The van der Waals surface area contributed by atoms with Gasteiger partial charge < -0.3 is 38.5 Å². The van der Waals surface area contributed by atoms with Gasteiger partial charge in [0.05, 0.1) is 13.1 Å². The Morgan fingerprint density at radius 2 is 0.802 bits per heavy atom. The molecule has 20 nitrogen and oxygen atoms in total. The minimum absolute atomic E-state index is 0.0696. The van der Waals surface area contributed by atoms with Gasteiger partial charge in [-0.25, -0.2) is 19.2 Å². The number of likely N-dealkylation sites (N-methyl/N-ethyl adjacent to an activating group) is 4. The molecule has 0 aliphatic carbocycles. The van der Waals surface area contributed by atoms with E-state index in [-0.39, 0.29) is 62.2 Å². The summed E-state index contributed by atoms with van der Waals surface area (Å²) in [5.74, 6) is -7.14. The first-order valence-electron chi connectivity index (χ1n) is 28.2. The first-order valence-corrected chi connectivity index (χ1v) is 28.2. The highest BCUT2D eigenvalue weighted by Crippen LogP contribution is 2.25. The minimum atomic E-state index is -1.54. The van der Waals surface area contributed by atoms with Crippen LogP contribution in [0.2, 0.25) is 0 Å². The van der Waals surface area contributed by atoms with Crippen LogP contribution in [0.4, 0.5) is 0 Å². The second-order valence-corrected chi connectivity index (χ2v) is 23.2. The van der Waals surface area contributed by atoms with Gasteiger partial charge in [-0.05, 0) is 104 Å². The Morgan fingerprint density at radius 1 is 0.432 bits per heavy atom. The Bertz CT molecular complexity index is 2730. The summed E-state index contributed by atoms with van der Waals surface area (Å²) < 4.78 is 27.8. The minimum Gasteiger partial charge on any atom is -0.451 e. The molecule has 2 aromatic carbocycles. The molecule has 81 heavy (non-hydrogen) atoms. The number of carbonyl (C=O) groups is 8. The van der Waals surface area contributed by atoms with Crippen LogP contribution in [0.3, 0.4) is 0 Å². The van der Waals surface area contributed by atoms with Gasteiger partial charge in [0.1, 0.15) is 24.2 Å². The van der Waals surface area contributed by atoms with Crippen LogP contribution in [-0.4, -0.2) is 163 Å². The Hall–Kier alpha value is -7.38. The molecule has 2 aromatic heterocycles. The van der Waals surface area contributed by atoms with Crippen LogP contribution < -0.4 is 0 Å². The predicted octanol–water partition coefficient (Wildman–Crippen LogP) is 6.54. The normalized spacial score (nSPS) is 23.1. The molecule has 8 atom stereocenters. The number of esters is 4. The van der Waals surface area contributed by atoms with Crippen LogP contribution in [-0.2, 0) is 83.2 Å². The molecule has 0 saturated carbocycles. The molecule has 1 aliphatic heterocycles. The van der Waals surface area contributed by atoms with E-state index < -0.39 is 96.1 Å². The van der Waals surface area contributed by atoms with Crippen molar-refractivity contribution in [3.63, 3.8) is 0 Å². The largest absolute Gasteiger partial charge is 0.451 e. The van der Waals surface area contributed by atoms with E-state index in [0.717, 1.165) is 20.9 Å². The van der Waals surface area contributed by atoms with E-state index in [2.05, 4.69) is 10.2 Å². The van der Waals surface area contributed by atoms with Crippen molar-refractivity contribution in [3.05, 3.63) is 108 Å². The molecule has 4 aromatic rings. The highest BCUT2D eigenvalue weighted by molar-refractivity contribution is 5.94. The molecule has 0 unspecified atom stereocenters. The van der Waals surface area contributed by atoms with Crippen LogP contribution in [0.1, 0.15) is 124 Å². The Balaban J connectivity index is 1.61. The van der Waals surface area contributed by atoms with Gasteiger partial charge in [-0.1, -0.05) is 104 Å². The third kappa shape index (κ3) is 18.6. The fourth-order valence-electron chi connectivity index (χ4n) is 9.81. The third-order valence-electron chi connectivity index (χ3n) is 14.5. The summed E-state index contributed by atoms with van der Waals surface area (Å²) in [6, 6.07) is 13.2. The van der Waals surface area contributed by atoms with E-state index >= 15 is 9.59 Å². The maximum atomic E-state index is 15.1. The molecule has 0 N–H and O–H groups in total. The van der Waals surface area contributed by atoms with Crippen LogP contribution >= 0.6 is 0 Å². The zero-order valence-electron chi connectivity index (χ0n) is 49.9. The van der Waals surface area contributed by atoms with Crippen molar-refractivity contribution in [2.45, 2.75) is 176 Å². The molecular formula is C61H86N8O12. The van der Waals surface area contributed by atoms with E-state index in [1.165, 1.54) is 51.8 Å². The van der Waals surface area contributed by atoms with Gasteiger partial charge in [0.25, 0.3) is 23.6 Å². The molecule has 4 amide bonds. The molecule has 0 radical (unpaired) electrons. The number of ether oxygens (including phenoxy) is 4. The van der Waals surface area contributed by atoms with Crippen molar-refractivity contribution in [2.24, 2.45) is 23.7 Å². The lowest BCUT2D eigenvalue weighted by Crippen LogP contribution is -2.54. The van der Waals surface area contributed by atoms with Crippen molar-refractivity contribution in [1.82, 2.24) is 39.2 Å². The standard InChI is InChI=1S/C61H86N8O12/c1-38(2)20-25-48-58(74)80-52(34-44-21-23-45(24-22-44)36-68-28-16-26-62-68)56(72)66(13)49(30-39(3)4)60(76)79-43(10)55(71)65(12)51(32-41(7)8)61(77)81-53(35-46-18-15-19-47(33-46)37-69-29-17-27-63-69)57(73)67(14)50(31-40(5)6)59(75)78-42(9)54(70)64(48)11/h15-19,21-24,26-29,33,38-43,48-53H,20,25,30-32,34-37H2,1-14H3/t42-,43-,48+,49+,50+,51+,52-,53-/m1/s1. The Labute approximate surface area is 477 Å². The zero-order valence-corrected chi connectivity index (χ0v) is 49.9. The van der Waals surface area contributed by atoms with Gasteiger partial charge in [0.15, 0.2) is 24.4 Å². The number of carbonyl (C=O) groups excluding carboxylic acids is 8. The first-order chi connectivity index (χ1) is 38.2. The molecule has 5 rings (SSSR count). The summed E-state index contributed by atoms with van der Waals surface area (Å²) in [4.78, 5) is 122. The summed E-state index contributed by atoms with van der Waals surface area (Å²) >= 11 is 0. The summed E-state index contributed by atoms with van der Waals surface area (Å²) in [7, 11) is 5.59. The van der Waals surface area contributed by atoms with E-state index in [4.69, 9.17) is 18.9 Å². The van der Waals surface area contributed by atoms with Gasteiger partial charge in [-0.15, -0.1) is 0 Å². The van der Waals surface area contributed by atoms with E-state index in [9.17, 15) is 28.8 Å². The lowest BCUT2D eigenvalue weighted by Gasteiger charge is -2.35. The predicted molar refractivity (Wildman–Crippen MR) is 302 cm³/mol. The molecule has 1 fully saturated rings. The molecule has 20 heteroatoms. The Morgan fingerprint density at radius 3 is 1.22 bits per heavy atom. The number of hydrogen-bond acceptors (Lipinski definition) is 14. The molecule has 0 spiro atoms. The molecule has 1 saturated heterocycles. The van der Waals surface area contributed by atoms with Crippen LogP contribution in [0.15, 0.2) is 85.5 Å².